The molecule has 0 fully saturated rings. The Labute approximate surface area is 135 Å². The molecule has 0 aliphatic carbocycles. The summed E-state index contributed by atoms with van der Waals surface area (Å²) in [5, 5.41) is 7.19. The van der Waals surface area contributed by atoms with Gasteiger partial charge in [0.05, 0.1) is 12.2 Å². The molecule has 2 heterocycles. The van der Waals surface area contributed by atoms with E-state index in [-0.39, 0.29) is 0 Å². The summed E-state index contributed by atoms with van der Waals surface area (Å²) in [7, 11) is 1.91. The minimum Gasteiger partial charge on any atom is -0.490 e. The smallest absolute Gasteiger partial charge is 0.257 e. The van der Waals surface area contributed by atoms with E-state index >= 15 is 0 Å². The summed E-state index contributed by atoms with van der Waals surface area (Å²) < 4.78 is 16.8. The highest BCUT2D eigenvalue weighted by Crippen LogP contribution is 2.37. The zero-order valence-electron chi connectivity index (χ0n) is 13.6. The van der Waals surface area contributed by atoms with Gasteiger partial charge in [0.25, 0.3) is 5.89 Å². The lowest BCUT2D eigenvalue weighted by molar-refractivity contribution is 0.294. The normalized spacial score (nSPS) is 14.7. The third-order valence-corrected chi connectivity index (χ3v) is 3.74. The zero-order chi connectivity index (χ0) is 16.2. The van der Waals surface area contributed by atoms with E-state index in [1.54, 1.807) is 0 Å². The first-order valence-electron chi connectivity index (χ1n) is 7.80. The SMILES string of the molecule is CCOc1cccc2c1OCC(c1nc(CC(C)NC)no1)=C2. The molecule has 122 valence electrons. The van der Waals surface area contributed by atoms with E-state index in [1.165, 1.54) is 0 Å². The van der Waals surface area contributed by atoms with Gasteiger partial charge in [-0.2, -0.15) is 4.98 Å². The summed E-state index contributed by atoms with van der Waals surface area (Å²) in [4.78, 5) is 4.46. The molecule has 0 amide bonds. The van der Waals surface area contributed by atoms with E-state index in [9.17, 15) is 0 Å². The molecule has 1 unspecified atom stereocenters. The molecule has 1 aliphatic rings. The number of ether oxygens (including phenoxy) is 2. The molecule has 0 saturated carbocycles. The average Bonchev–Trinajstić information content (AvgIpc) is 3.03. The van der Waals surface area contributed by atoms with Crippen LogP contribution in [-0.2, 0) is 6.42 Å². The van der Waals surface area contributed by atoms with Crippen LogP contribution in [0.25, 0.3) is 11.6 Å². The number of likely N-dealkylation sites (N-methyl/N-ethyl adjacent to an activating group) is 1. The number of rotatable bonds is 6. The van der Waals surface area contributed by atoms with Crippen molar-refractivity contribution in [2.24, 2.45) is 0 Å². The van der Waals surface area contributed by atoms with Gasteiger partial charge in [-0.25, -0.2) is 0 Å². The number of hydrogen-bond donors (Lipinski definition) is 1. The molecule has 1 aliphatic heterocycles. The fourth-order valence-electron chi connectivity index (χ4n) is 2.42. The van der Waals surface area contributed by atoms with Crippen molar-refractivity contribution in [2.45, 2.75) is 26.3 Å². The van der Waals surface area contributed by atoms with Gasteiger partial charge in [-0.1, -0.05) is 17.3 Å². The van der Waals surface area contributed by atoms with Gasteiger partial charge in [-0.05, 0) is 33.0 Å². The fourth-order valence-corrected chi connectivity index (χ4v) is 2.42. The van der Waals surface area contributed by atoms with Crippen molar-refractivity contribution in [2.75, 3.05) is 20.3 Å². The Balaban J connectivity index is 1.84. The number of nitrogens with one attached hydrogen (secondary N) is 1. The second-order valence-corrected chi connectivity index (χ2v) is 5.48. The summed E-state index contributed by atoms with van der Waals surface area (Å²) in [6.45, 7) is 5.02. The highest BCUT2D eigenvalue weighted by molar-refractivity contribution is 5.83. The van der Waals surface area contributed by atoms with Crippen LogP contribution in [0.5, 0.6) is 11.5 Å². The number of aromatic nitrogens is 2. The lowest BCUT2D eigenvalue weighted by atomic mass is 10.1. The van der Waals surface area contributed by atoms with E-state index < -0.39 is 0 Å². The molecule has 2 aromatic rings. The predicted octanol–water partition coefficient (Wildman–Crippen LogP) is 2.55. The molecule has 1 aromatic carbocycles. The van der Waals surface area contributed by atoms with Crippen LogP contribution in [0, 0.1) is 0 Å². The first-order valence-corrected chi connectivity index (χ1v) is 7.80. The molecule has 6 heteroatoms. The van der Waals surface area contributed by atoms with Crippen molar-refractivity contribution in [3.05, 3.63) is 35.5 Å². The molecule has 0 bridgehead atoms. The van der Waals surface area contributed by atoms with Crippen LogP contribution in [0.15, 0.2) is 22.7 Å². The quantitative estimate of drug-likeness (QED) is 0.883. The van der Waals surface area contributed by atoms with Crippen molar-refractivity contribution in [1.29, 1.82) is 0 Å². The Morgan fingerprint density at radius 3 is 3.04 bits per heavy atom. The van der Waals surface area contributed by atoms with E-state index in [4.69, 9.17) is 14.0 Å². The minimum absolute atomic E-state index is 0.298. The predicted molar refractivity (Wildman–Crippen MR) is 87.5 cm³/mol. The van der Waals surface area contributed by atoms with Gasteiger partial charge < -0.3 is 19.3 Å². The molecule has 0 radical (unpaired) electrons. The molecule has 6 nitrogen and oxygen atoms in total. The lowest BCUT2D eigenvalue weighted by Gasteiger charge is -2.18. The summed E-state index contributed by atoms with van der Waals surface area (Å²) in [6.07, 6.45) is 2.74. The largest absolute Gasteiger partial charge is 0.490 e. The van der Waals surface area contributed by atoms with Crippen LogP contribution < -0.4 is 14.8 Å². The van der Waals surface area contributed by atoms with Gasteiger partial charge in [0.15, 0.2) is 17.3 Å². The Kier molecular flexibility index (Phi) is 4.62. The second-order valence-electron chi connectivity index (χ2n) is 5.48. The maximum Gasteiger partial charge on any atom is 0.257 e. The zero-order valence-corrected chi connectivity index (χ0v) is 13.6. The van der Waals surface area contributed by atoms with Crippen LogP contribution in [-0.4, -0.2) is 36.4 Å². The van der Waals surface area contributed by atoms with Gasteiger partial charge in [0, 0.05) is 18.0 Å². The van der Waals surface area contributed by atoms with E-state index in [0.717, 1.165) is 29.1 Å². The Bertz CT molecular complexity index is 709. The first-order chi connectivity index (χ1) is 11.2. The monoisotopic (exact) mass is 315 g/mol. The lowest BCUT2D eigenvalue weighted by Crippen LogP contribution is -2.24. The van der Waals surface area contributed by atoms with Gasteiger partial charge in [0.2, 0.25) is 0 Å². The Morgan fingerprint density at radius 2 is 2.26 bits per heavy atom. The molecule has 3 rings (SSSR count). The molecule has 0 saturated heterocycles. The van der Waals surface area contributed by atoms with Crippen molar-refractivity contribution < 1.29 is 14.0 Å². The van der Waals surface area contributed by atoms with Crippen LogP contribution in [0.3, 0.4) is 0 Å². The van der Waals surface area contributed by atoms with Crippen LogP contribution in [0.1, 0.15) is 31.1 Å². The number of nitrogens with zero attached hydrogens (tertiary/aromatic N) is 2. The Hall–Kier alpha value is -2.34. The first kappa shape index (κ1) is 15.6. The number of benzene rings is 1. The highest BCUT2D eigenvalue weighted by atomic mass is 16.5. The van der Waals surface area contributed by atoms with Crippen molar-refractivity contribution in [1.82, 2.24) is 15.5 Å². The van der Waals surface area contributed by atoms with E-state index in [0.29, 0.717) is 31.0 Å². The summed E-state index contributed by atoms with van der Waals surface area (Å²) in [5.41, 5.74) is 1.84. The second kappa shape index (κ2) is 6.83. The van der Waals surface area contributed by atoms with Gasteiger partial charge in [-0.15, -0.1) is 0 Å². The fraction of sp³-hybridized carbons (Fsp3) is 0.412. The van der Waals surface area contributed by atoms with Crippen molar-refractivity contribution in [3.63, 3.8) is 0 Å². The van der Waals surface area contributed by atoms with Gasteiger partial charge in [0.1, 0.15) is 6.61 Å². The maximum absolute atomic E-state index is 5.85. The van der Waals surface area contributed by atoms with Gasteiger partial charge in [-0.3, -0.25) is 0 Å². The summed E-state index contributed by atoms with van der Waals surface area (Å²) >= 11 is 0. The summed E-state index contributed by atoms with van der Waals surface area (Å²) in [6, 6.07) is 6.13. The molecular formula is C17H21N3O3. The molecule has 1 atom stereocenters. The molecule has 1 N–H and O–H groups in total. The van der Waals surface area contributed by atoms with Crippen LogP contribution in [0.4, 0.5) is 0 Å². The van der Waals surface area contributed by atoms with E-state index in [2.05, 4.69) is 22.4 Å². The van der Waals surface area contributed by atoms with E-state index in [1.807, 2.05) is 38.2 Å². The molecule has 0 spiro atoms. The third kappa shape index (κ3) is 3.37. The molecule has 23 heavy (non-hydrogen) atoms. The Morgan fingerprint density at radius 1 is 1.39 bits per heavy atom. The molecular weight excluding hydrogens is 294 g/mol. The van der Waals surface area contributed by atoms with Crippen LogP contribution >= 0.6 is 0 Å². The highest BCUT2D eigenvalue weighted by Gasteiger charge is 2.21. The topological polar surface area (TPSA) is 69.4 Å². The van der Waals surface area contributed by atoms with Gasteiger partial charge >= 0.3 is 0 Å². The van der Waals surface area contributed by atoms with Crippen molar-refractivity contribution in [3.8, 4) is 11.5 Å². The van der Waals surface area contributed by atoms with Crippen LogP contribution in [0.2, 0.25) is 0 Å². The number of hydrogen-bond acceptors (Lipinski definition) is 6. The average molecular weight is 315 g/mol. The maximum atomic E-state index is 5.85. The van der Waals surface area contributed by atoms with Crippen molar-refractivity contribution >= 4 is 11.6 Å². The number of fused-ring (bicyclic) bond motifs is 1. The summed E-state index contributed by atoms with van der Waals surface area (Å²) in [5.74, 6) is 2.73. The third-order valence-electron chi connectivity index (χ3n) is 3.74. The molecule has 1 aromatic heterocycles. The standard InChI is InChI=1S/C17H21N3O3/c1-4-21-14-7-5-6-12-9-13(10-22-16(12)14)17-19-15(20-23-17)8-11(2)18-3/h5-7,9,11,18H,4,8,10H2,1-3H3. The minimum atomic E-state index is 0.298. The number of para-hydroxylation sites is 1.